The van der Waals surface area contributed by atoms with Crippen molar-refractivity contribution in [3.8, 4) is 11.8 Å². The Labute approximate surface area is 124 Å². The molecule has 2 rings (SSSR count). The average Bonchev–Trinajstić information content (AvgIpc) is 2.39. The van der Waals surface area contributed by atoms with Gasteiger partial charge in [0.15, 0.2) is 0 Å². The number of ether oxygens (including phenoxy) is 1. The minimum Gasteiger partial charge on any atom is -0.487 e. The molecular weight excluding hydrogens is 328 g/mol. The zero-order valence-electron chi connectivity index (χ0n) is 9.86. The molecule has 0 spiro atoms. The lowest BCUT2D eigenvalue weighted by Crippen LogP contribution is -1.99. The van der Waals surface area contributed by atoms with E-state index in [1.54, 1.807) is 30.3 Å². The molecule has 0 amide bonds. The SMILES string of the molecule is N#Cc1ccc(COc2ccc(Br)cc2N)c(Cl)c1. The van der Waals surface area contributed by atoms with Gasteiger partial charge in [-0.05, 0) is 30.3 Å². The molecular formula is C14H10BrClN2O. The van der Waals surface area contributed by atoms with Crippen LogP contribution < -0.4 is 10.5 Å². The van der Waals surface area contributed by atoms with Crippen molar-refractivity contribution in [1.29, 1.82) is 5.26 Å². The first-order valence-electron chi connectivity index (χ1n) is 5.46. The summed E-state index contributed by atoms with van der Waals surface area (Å²) in [5, 5.41) is 9.27. The Kier molecular flexibility index (Phi) is 4.31. The molecule has 3 nitrogen and oxygen atoms in total. The summed E-state index contributed by atoms with van der Waals surface area (Å²) in [6.07, 6.45) is 0. The number of nitriles is 1. The number of anilines is 1. The van der Waals surface area contributed by atoms with E-state index in [-0.39, 0.29) is 0 Å². The van der Waals surface area contributed by atoms with Gasteiger partial charge in [0.2, 0.25) is 0 Å². The lowest BCUT2D eigenvalue weighted by atomic mass is 10.1. The fourth-order valence-electron chi connectivity index (χ4n) is 1.54. The quantitative estimate of drug-likeness (QED) is 0.856. The van der Waals surface area contributed by atoms with E-state index in [0.29, 0.717) is 28.6 Å². The summed E-state index contributed by atoms with van der Waals surface area (Å²) in [4.78, 5) is 0. The first kappa shape index (κ1) is 13.7. The van der Waals surface area contributed by atoms with E-state index in [1.807, 2.05) is 12.1 Å². The van der Waals surface area contributed by atoms with Crippen LogP contribution in [-0.2, 0) is 6.61 Å². The number of benzene rings is 2. The molecule has 2 aromatic rings. The molecule has 2 N–H and O–H groups in total. The van der Waals surface area contributed by atoms with Crippen molar-refractivity contribution in [2.75, 3.05) is 5.73 Å². The van der Waals surface area contributed by atoms with Crippen molar-refractivity contribution >= 4 is 33.2 Å². The topological polar surface area (TPSA) is 59.0 Å². The van der Waals surface area contributed by atoms with E-state index < -0.39 is 0 Å². The molecule has 0 aromatic heterocycles. The van der Waals surface area contributed by atoms with Crippen LogP contribution in [0.4, 0.5) is 5.69 Å². The normalized spacial score (nSPS) is 9.95. The molecule has 0 aliphatic rings. The van der Waals surface area contributed by atoms with Gasteiger partial charge < -0.3 is 10.5 Å². The van der Waals surface area contributed by atoms with Crippen molar-refractivity contribution < 1.29 is 4.74 Å². The second kappa shape index (κ2) is 5.96. The molecule has 0 aliphatic carbocycles. The maximum Gasteiger partial charge on any atom is 0.142 e. The maximum absolute atomic E-state index is 8.76. The van der Waals surface area contributed by atoms with Crippen LogP contribution in [0, 0.1) is 11.3 Å². The third-order valence-corrected chi connectivity index (χ3v) is 3.38. The van der Waals surface area contributed by atoms with Crippen LogP contribution in [0.3, 0.4) is 0 Å². The molecule has 0 bridgehead atoms. The van der Waals surface area contributed by atoms with Gasteiger partial charge in [-0.2, -0.15) is 5.26 Å². The Morgan fingerprint density at radius 1 is 1.26 bits per heavy atom. The highest BCUT2D eigenvalue weighted by Crippen LogP contribution is 2.27. The van der Waals surface area contributed by atoms with Gasteiger partial charge in [-0.25, -0.2) is 0 Å². The predicted molar refractivity (Wildman–Crippen MR) is 79.1 cm³/mol. The Morgan fingerprint density at radius 3 is 2.68 bits per heavy atom. The minimum absolute atomic E-state index is 0.302. The van der Waals surface area contributed by atoms with Crippen LogP contribution in [0.25, 0.3) is 0 Å². The molecule has 0 heterocycles. The highest BCUT2D eigenvalue weighted by atomic mass is 79.9. The summed E-state index contributed by atoms with van der Waals surface area (Å²) >= 11 is 9.40. The van der Waals surface area contributed by atoms with Crippen LogP contribution in [0.15, 0.2) is 40.9 Å². The monoisotopic (exact) mass is 336 g/mol. The number of nitrogens with zero attached hydrogens (tertiary/aromatic N) is 1. The third kappa shape index (κ3) is 3.40. The van der Waals surface area contributed by atoms with Crippen molar-refractivity contribution in [2.45, 2.75) is 6.61 Å². The highest BCUT2D eigenvalue weighted by Gasteiger charge is 2.05. The first-order chi connectivity index (χ1) is 9.10. The lowest BCUT2D eigenvalue weighted by molar-refractivity contribution is 0.308. The van der Waals surface area contributed by atoms with Gasteiger partial charge in [-0.1, -0.05) is 33.6 Å². The molecule has 96 valence electrons. The highest BCUT2D eigenvalue weighted by molar-refractivity contribution is 9.10. The third-order valence-electron chi connectivity index (χ3n) is 2.54. The van der Waals surface area contributed by atoms with Gasteiger partial charge in [-0.15, -0.1) is 0 Å². The molecule has 0 atom stereocenters. The first-order valence-corrected chi connectivity index (χ1v) is 6.63. The fraction of sp³-hybridized carbons (Fsp3) is 0.0714. The molecule has 0 aliphatic heterocycles. The molecule has 0 saturated carbocycles. The fourth-order valence-corrected chi connectivity index (χ4v) is 2.15. The van der Waals surface area contributed by atoms with Gasteiger partial charge in [0.1, 0.15) is 12.4 Å². The number of rotatable bonds is 3. The summed E-state index contributed by atoms with van der Waals surface area (Å²) in [7, 11) is 0. The minimum atomic E-state index is 0.302. The number of nitrogens with two attached hydrogens (primary N) is 1. The van der Waals surface area contributed by atoms with Gasteiger partial charge >= 0.3 is 0 Å². The largest absolute Gasteiger partial charge is 0.487 e. The van der Waals surface area contributed by atoms with Gasteiger partial charge in [0, 0.05) is 15.1 Å². The summed E-state index contributed by atoms with van der Waals surface area (Å²) in [6, 6.07) is 12.5. The Bertz CT molecular complexity index is 652. The molecule has 19 heavy (non-hydrogen) atoms. The zero-order valence-corrected chi connectivity index (χ0v) is 12.2. The molecule has 2 aromatic carbocycles. The van der Waals surface area contributed by atoms with Crippen LogP contribution >= 0.6 is 27.5 Å². The number of hydrogen-bond donors (Lipinski definition) is 1. The second-order valence-corrected chi connectivity index (χ2v) is 5.21. The lowest BCUT2D eigenvalue weighted by Gasteiger charge is -2.10. The van der Waals surface area contributed by atoms with Gasteiger partial charge in [0.05, 0.1) is 17.3 Å². The van der Waals surface area contributed by atoms with Gasteiger partial charge in [-0.3, -0.25) is 0 Å². The Balaban J connectivity index is 2.13. The van der Waals surface area contributed by atoms with Gasteiger partial charge in [0.25, 0.3) is 0 Å². The van der Waals surface area contributed by atoms with Crippen LogP contribution in [0.1, 0.15) is 11.1 Å². The average molecular weight is 338 g/mol. The van der Waals surface area contributed by atoms with Crippen molar-refractivity contribution in [2.24, 2.45) is 0 Å². The van der Waals surface area contributed by atoms with E-state index in [9.17, 15) is 0 Å². The molecule has 0 saturated heterocycles. The number of hydrogen-bond acceptors (Lipinski definition) is 3. The maximum atomic E-state index is 8.76. The standard InChI is InChI=1S/C14H10BrClN2O/c15-11-3-4-14(13(18)6-11)19-8-10-2-1-9(7-17)5-12(10)16/h1-6H,8,18H2. The van der Waals surface area contributed by atoms with Crippen molar-refractivity contribution in [1.82, 2.24) is 0 Å². The Hall–Kier alpha value is -1.70. The molecule has 0 unspecified atom stereocenters. The number of nitrogen functional groups attached to an aromatic ring is 1. The summed E-state index contributed by atoms with van der Waals surface area (Å²) in [5.74, 6) is 0.601. The van der Waals surface area contributed by atoms with E-state index in [1.165, 1.54) is 0 Å². The Morgan fingerprint density at radius 2 is 2.05 bits per heavy atom. The predicted octanol–water partition coefficient (Wildman–Crippen LogP) is 4.14. The van der Waals surface area contributed by atoms with E-state index in [4.69, 9.17) is 27.3 Å². The summed E-state index contributed by atoms with van der Waals surface area (Å²) in [6.45, 7) is 0.302. The van der Waals surface area contributed by atoms with E-state index in [0.717, 1.165) is 10.0 Å². The van der Waals surface area contributed by atoms with Crippen LogP contribution in [0.5, 0.6) is 5.75 Å². The number of halogens is 2. The van der Waals surface area contributed by atoms with Crippen molar-refractivity contribution in [3.63, 3.8) is 0 Å². The smallest absolute Gasteiger partial charge is 0.142 e. The van der Waals surface area contributed by atoms with Crippen molar-refractivity contribution in [3.05, 3.63) is 57.0 Å². The molecule has 0 fully saturated rings. The van der Waals surface area contributed by atoms with E-state index in [2.05, 4.69) is 15.9 Å². The van der Waals surface area contributed by atoms with Crippen LogP contribution in [-0.4, -0.2) is 0 Å². The summed E-state index contributed by atoms with van der Waals surface area (Å²) in [5.41, 5.74) is 7.73. The molecule has 5 heteroatoms. The summed E-state index contributed by atoms with van der Waals surface area (Å²) < 4.78 is 6.52. The molecule has 0 radical (unpaired) electrons. The zero-order chi connectivity index (χ0) is 13.8. The van der Waals surface area contributed by atoms with E-state index >= 15 is 0 Å². The van der Waals surface area contributed by atoms with Crippen LogP contribution in [0.2, 0.25) is 5.02 Å². The second-order valence-electron chi connectivity index (χ2n) is 3.89.